The number of aromatic nitrogens is 1. The summed E-state index contributed by atoms with van der Waals surface area (Å²) in [6.07, 6.45) is 0.762. The Morgan fingerprint density at radius 2 is 1.96 bits per heavy atom. The fraction of sp³-hybridized carbons (Fsp3) is 0.550. The maximum Gasteiger partial charge on any atom is 0.150 e. The number of nitrogens with zero attached hydrogens (tertiary/aromatic N) is 2. The van der Waals surface area contributed by atoms with E-state index in [4.69, 9.17) is 9.72 Å². The number of hydrogen-bond donors (Lipinski definition) is 1. The summed E-state index contributed by atoms with van der Waals surface area (Å²) in [6.45, 7) is 5.49. The number of thiazole rings is 1. The zero-order valence-corrected chi connectivity index (χ0v) is 18.0. The maximum absolute atomic E-state index is 11.7. The summed E-state index contributed by atoms with van der Waals surface area (Å²) in [5, 5.41) is 12.9. The van der Waals surface area contributed by atoms with E-state index >= 15 is 0 Å². The van der Waals surface area contributed by atoms with Gasteiger partial charge in [0.05, 0.1) is 29.9 Å². The Balaban J connectivity index is 1.69. The van der Waals surface area contributed by atoms with Gasteiger partial charge in [0.25, 0.3) is 0 Å². The van der Waals surface area contributed by atoms with Crippen molar-refractivity contribution in [1.29, 1.82) is 0 Å². The Morgan fingerprint density at radius 1 is 1.29 bits per heavy atom. The number of ether oxygens (including phenoxy) is 1. The highest BCUT2D eigenvalue weighted by Gasteiger charge is 2.29. The third kappa shape index (κ3) is 5.76. The zero-order valence-electron chi connectivity index (χ0n) is 16.4. The zero-order chi connectivity index (χ0) is 20.1. The summed E-state index contributed by atoms with van der Waals surface area (Å²) in [6, 6.07) is 8.07. The molecule has 0 spiro atoms. The Bertz CT molecular complexity index is 849. The minimum absolute atomic E-state index is 0.161. The molecule has 2 heterocycles. The van der Waals surface area contributed by atoms with Crippen molar-refractivity contribution in [3.8, 4) is 16.3 Å². The lowest BCUT2D eigenvalue weighted by Gasteiger charge is -2.34. The molecule has 1 aliphatic rings. The molecule has 0 saturated carbocycles. The summed E-state index contributed by atoms with van der Waals surface area (Å²) < 4.78 is 29.0. The average Bonchev–Trinajstić information content (AvgIpc) is 3.10. The molecule has 8 heteroatoms. The van der Waals surface area contributed by atoms with E-state index in [9.17, 15) is 13.5 Å². The lowest BCUT2D eigenvalue weighted by atomic mass is 10.1. The molecule has 154 valence electrons. The van der Waals surface area contributed by atoms with E-state index in [-0.39, 0.29) is 17.5 Å². The third-order valence-corrected chi connectivity index (χ3v) is 7.52. The predicted molar refractivity (Wildman–Crippen MR) is 112 cm³/mol. The smallest absolute Gasteiger partial charge is 0.150 e. The molecule has 1 aromatic heterocycles. The van der Waals surface area contributed by atoms with Gasteiger partial charge >= 0.3 is 0 Å². The quantitative estimate of drug-likeness (QED) is 0.702. The number of benzene rings is 1. The van der Waals surface area contributed by atoms with Crippen molar-refractivity contribution in [2.24, 2.45) is 0 Å². The van der Waals surface area contributed by atoms with Crippen molar-refractivity contribution in [3.05, 3.63) is 35.3 Å². The Hall–Kier alpha value is -1.48. The van der Waals surface area contributed by atoms with Crippen molar-refractivity contribution in [2.75, 3.05) is 24.7 Å². The Kier molecular flexibility index (Phi) is 7.09. The molecule has 2 aromatic rings. The van der Waals surface area contributed by atoms with Crippen LogP contribution in [-0.4, -0.2) is 60.2 Å². The molecule has 1 atom stereocenters. The van der Waals surface area contributed by atoms with Crippen molar-refractivity contribution in [2.45, 2.75) is 45.4 Å². The molecule has 1 N–H and O–H groups in total. The van der Waals surface area contributed by atoms with Crippen LogP contribution in [0.15, 0.2) is 29.6 Å². The molecular formula is C20H28N2O4S2. The van der Waals surface area contributed by atoms with Gasteiger partial charge in [-0.2, -0.15) is 0 Å². The van der Waals surface area contributed by atoms with Crippen molar-refractivity contribution in [3.63, 3.8) is 0 Å². The van der Waals surface area contributed by atoms with Crippen LogP contribution in [0.3, 0.4) is 0 Å². The van der Waals surface area contributed by atoms with Crippen LogP contribution < -0.4 is 4.74 Å². The van der Waals surface area contributed by atoms with E-state index in [0.717, 1.165) is 22.0 Å². The molecule has 0 aliphatic carbocycles. The molecule has 1 saturated heterocycles. The minimum Gasteiger partial charge on any atom is -0.494 e. The second kappa shape index (κ2) is 9.35. The molecular weight excluding hydrogens is 396 g/mol. The van der Waals surface area contributed by atoms with Crippen LogP contribution in [0, 0.1) is 0 Å². The standard InChI is InChI=1S/C20H28N2O4S2/c1-3-26-19-6-4-16(5-7-19)20-21-17(14-27-20)13-22(12-15(2)23)18-8-10-28(24,25)11-9-18/h4-7,14-15,18,23H,3,8-13H2,1-2H3/t15-/m0/s1. The average molecular weight is 425 g/mol. The predicted octanol–water partition coefficient (Wildman–Crippen LogP) is 2.97. The Labute approximate surface area is 171 Å². The summed E-state index contributed by atoms with van der Waals surface area (Å²) in [4.78, 5) is 6.94. The fourth-order valence-electron chi connectivity index (χ4n) is 3.51. The van der Waals surface area contributed by atoms with E-state index in [1.807, 2.05) is 36.6 Å². The Morgan fingerprint density at radius 3 is 2.57 bits per heavy atom. The van der Waals surface area contributed by atoms with E-state index in [0.29, 0.717) is 32.5 Å². The largest absolute Gasteiger partial charge is 0.494 e. The fourth-order valence-corrected chi connectivity index (χ4v) is 5.79. The van der Waals surface area contributed by atoms with Gasteiger partial charge in [-0.05, 0) is 51.0 Å². The van der Waals surface area contributed by atoms with Crippen molar-refractivity contribution in [1.82, 2.24) is 9.88 Å². The normalized spacial score (nSPS) is 18.3. The first-order chi connectivity index (χ1) is 13.4. The molecule has 3 rings (SSSR count). The molecule has 0 bridgehead atoms. The first-order valence-electron chi connectivity index (χ1n) is 9.66. The highest BCUT2D eigenvalue weighted by atomic mass is 32.2. The van der Waals surface area contributed by atoms with Crippen LogP contribution in [0.2, 0.25) is 0 Å². The number of aliphatic hydroxyl groups excluding tert-OH is 1. The van der Waals surface area contributed by atoms with Gasteiger partial charge in [0, 0.05) is 30.1 Å². The van der Waals surface area contributed by atoms with Crippen molar-refractivity contribution < 1.29 is 18.3 Å². The number of sulfone groups is 1. The molecule has 0 amide bonds. The van der Waals surface area contributed by atoms with Crippen LogP contribution in [-0.2, 0) is 16.4 Å². The second-order valence-corrected chi connectivity index (χ2v) is 10.4. The number of rotatable bonds is 8. The molecule has 0 radical (unpaired) electrons. The summed E-state index contributed by atoms with van der Waals surface area (Å²) in [5.41, 5.74) is 1.99. The molecule has 1 fully saturated rings. The van der Waals surface area contributed by atoms with Crippen LogP contribution in [0.1, 0.15) is 32.4 Å². The van der Waals surface area contributed by atoms with Gasteiger partial charge in [0.1, 0.15) is 20.6 Å². The number of hydrogen-bond acceptors (Lipinski definition) is 7. The number of aliphatic hydroxyl groups is 1. The van der Waals surface area contributed by atoms with E-state index < -0.39 is 15.9 Å². The van der Waals surface area contributed by atoms with Crippen molar-refractivity contribution >= 4 is 21.2 Å². The van der Waals surface area contributed by atoms with Gasteiger partial charge in [-0.25, -0.2) is 13.4 Å². The second-order valence-electron chi connectivity index (χ2n) is 7.26. The first kappa shape index (κ1) is 21.2. The molecule has 6 nitrogen and oxygen atoms in total. The van der Waals surface area contributed by atoms with E-state index in [2.05, 4.69) is 4.90 Å². The highest BCUT2D eigenvalue weighted by Crippen LogP contribution is 2.27. The topological polar surface area (TPSA) is 79.7 Å². The third-order valence-electron chi connectivity index (χ3n) is 4.87. The monoisotopic (exact) mass is 424 g/mol. The first-order valence-corrected chi connectivity index (χ1v) is 12.4. The summed E-state index contributed by atoms with van der Waals surface area (Å²) >= 11 is 1.59. The maximum atomic E-state index is 11.7. The van der Waals surface area contributed by atoms with Crippen LogP contribution >= 0.6 is 11.3 Å². The SMILES string of the molecule is CCOc1ccc(-c2nc(CN(C[C@H](C)O)C3CCS(=O)(=O)CC3)cs2)cc1. The van der Waals surface area contributed by atoms with E-state index in [1.165, 1.54) is 0 Å². The highest BCUT2D eigenvalue weighted by molar-refractivity contribution is 7.91. The minimum atomic E-state index is -2.90. The van der Waals surface area contributed by atoms with Crippen LogP contribution in [0.4, 0.5) is 0 Å². The lowest BCUT2D eigenvalue weighted by Crippen LogP contribution is -2.43. The molecule has 1 aliphatic heterocycles. The molecule has 28 heavy (non-hydrogen) atoms. The lowest BCUT2D eigenvalue weighted by molar-refractivity contribution is 0.0871. The van der Waals surface area contributed by atoms with Crippen LogP contribution in [0.5, 0.6) is 5.75 Å². The van der Waals surface area contributed by atoms with Gasteiger partial charge in [-0.1, -0.05) is 0 Å². The molecule has 0 unspecified atom stereocenters. The van der Waals surface area contributed by atoms with Crippen LogP contribution in [0.25, 0.3) is 10.6 Å². The van der Waals surface area contributed by atoms with Gasteiger partial charge in [-0.3, -0.25) is 4.90 Å². The summed E-state index contributed by atoms with van der Waals surface area (Å²) in [5.74, 6) is 1.30. The summed E-state index contributed by atoms with van der Waals surface area (Å²) in [7, 11) is -2.90. The molecule has 1 aromatic carbocycles. The van der Waals surface area contributed by atoms with Gasteiger partial charge < -0.3 is 9.84 Å². The van der Waals surface area contributed by atoms with Gasteiger partial charge in [-0.15, -0.1) is 11.3 Å². The van der Waals surface area contributed by atoms with E-state index in [1.54, 1.807) is 18.3 Å². The van der Waals surface area contributed by atoms with Gasteiger partial charge in [0.2, 0.25) is 0 Å². The van der Waals surface area contributed by atoms with Gasteiger partial charge in [0.15, 0.2) is 0 Å².